The Balaban J connectivity index is 0.000000528. The van der Waals surface area contributed by atoms with Crippen molar-refractivity contribution in [3.63, 3.8) is 0 Å². The summed E-state index contributed by atoms with van der Waals surface area (Å²) in [6, 6.07) is 56.8. The van der Waals surface area contributed by atoms with E-state index in [0.29, 0.717) is 0 Å². The summed E-state index contributed by atoms with van der Waals surface area (Å²) >= 11 is 0. The van der Waals surface area contributed by atoms with E-state index in [4.69, 9.17) is 0 Å². The van der Waals surface area contributed by atoms with Gasteiger partial charge < -0.3 is 4.57 Å². The van der Waals surface area contributed by atoms with Crippen LogP contribution in [0.5, 0.6) is 0 Å². The first-order valence-corrected chi connectivity index (χ1v) is 19.6. The Hall–Kier alpha value is -6.44. The van der Waals surface area contributed by atoms with Crippen molar-refractivity contribution in [1.29, 1.82) is 0 Å². The number of benzene rings is 8. The third-order valence-corrected chi connectivity index (χ3v) is 11.6. The molecule has 0 fully saturated rings. The van der Waals surface area contributed by atoms with Crippen LogP contribution in [0.2, 0.25) is 0 Å². The number of allylic oxidation sites excluding steroid dienone is 3. The second-order valence-corrected chi connectivity index (χ2v) is 14.8. The second-order valence-electron chi connectivity index (χ2n) is 14.8. The topological polar surface area (TPSA) is 4.93 Å². The summed E-state index contributed by atoms with van der Waals surface area (Å²) in [5.74, 6) is 0. The molecule has 2 aliphatic carbocycles. The van der Waals surface area contributed by atoms with Gasteiger partial charge in [0.1, 0.15) is 0 Å². The highest BCUT2D eigenvalue weighted by Crippen LogP contribution is 2.52. The van der Waals surface area contributed by atoms with Crippen LogP contribution < -0.4 is 0 Å². The minimum absolute atomic E-state index is 0.0610. The van der Waals surface area contributed by atoms with Gasteiger partial charge in [-0.05, 0) is 114 Å². The molecule has 0 unspecified atom stereocenters. The van der Waals surface area contributed by atoms with Gasteiger partial charge in [0.25, 0.3) is 0 Å². The lowest BCUT2D eigenvalue weighted by molar-refractivity contribution is 0.661. The van der Waals surface area contributed by atoms with E-state index >= 15 is 0 Å². The maximum atomic E-state index is 3.46. The van der Waals surface area contributed by atoms with Crippen molar-refractivity contribution in [3.8, 4) is 50.2 Å². The van der Waals surface area contributed by atoms with Gasteiger partial charge in [-0.1, -0.05) is 174 Å². The number of rotatable bonds is 3. The van der Waals surface area contributed by atoms with Crippen molar-refractivity contribution < 1.29 is 0 Å². The van der Waals surface area contributed by atoms with Crippen LogP contribution in [0.3, 0.4) is 0 Å². The molecule has 0 amide bonds. The Bertz CT molecular complexity index is 2970. The van der Waals surface area contributed by atoms with Crippen molar-refractivity contribution >= 4 is 43.4 Å². The molecule has 0 bridgehead atoms. The van der Waals surface area contributed by atoms with Gasteiger partial charge in [-0.15, -0.1) is 0 Å². The predicted octanol–water partition coefficient (Wildman–Crippen LogP) is 15.5. The summed E-state index contributed by atoms with van der Waals surface area (Å²) < 4.78 is 2.50. The van der Waals surface area contributed by atoms with Gasteiger partial charge in [0.2, 0.25) is 0 Å². The molecule has 0 spiro atoms. The molecule has 1 aromatic heterocycles. The molecule has 8 aromatic carbocycles. The molecule has 0 atom stereocenters. The van der Waals surface area contributed by atoms with Crippen LogP contribution >= 0.6 is 0 Å². The summed E-state index contributed by atoms with van der Waals surface area (Å²) in [4.78, 5) is 0. The van der Waals surface area contributed by atoms with Gasteiger partial charge in [-0.2, -0.15) is 0 Å². The highest BCUT2D eigenvalue weighted by molar-refractivity contribution is 6.22. The summed E-state index contributed by atoms with van der Waals surface area (Å²) in [5, 5.41) is 7.89. The SMILES string of the molecule is C=C/C=C\C.CC.CC1(C)c2ccccc2-c2cc3c(cc21)c1c2ccccc2ccc1n3-c1cccc(-c2ccc3c4c(cccc24)-c2ccccc2-3)c1. The van der Waals surface area contributed by atoms with Crippen molar-refractivity contribution in [3.05, 3.63) is 188 Å². The van der Waals surface area contributed by atoms with Gasteiger partial charge in [0, 0.05) is 21.9 Å². The number of nitrogens with zero attached hydrogens (tertiary/aromatic N) is 1. The Morgan fingerprint density at radius 3 is 1.91 bits per heavy atom. The van der Waals surface area contributed by atoms with Crippen LogP contribution in [0, 0.1) is 0 Å². The third kappa shape index (κ3) is 5.14. The van der Waals surface area contributed by atoms with E-state index in [1.165, 1.54) is 105 Å². The molecular formula is C54H45N. The summed E-state index contributed by atoms with van der Waals surface area (Å²) in [7, 11) is 0. The van der Waals surface area contributed by atoms with Gasteiger partial charge in [0.05, 0.1) is 11.0 Å². The van der Waals surface area contributed by atoms with Crippen LogP contribution in [-0.2, 0) is 5.41 Å². The first kappa shape index (κ1) is 34.3. The zero-order valence-corrected chi connectivity index (χ0v) is 32.3. The van der Waals surface area contributed by atoms with Crippen molar-refractivity contribution in [2.45, 2.75) is 40.0 Å². The van der Waals surface area contributed by atoms with Crippen molar-refractivity contribution in [2.24, 2.45) is 0 Å². The number of fused-ring (bicyclic) bond motifs is 11. The van der Waals surface area contributed by atoms with E-state index in [9.17, 15) is 0 Å². The summed E-state index contributed by atoms with van der Waals surface area (Å²) in [6.07, 6.45) is 5.58. The first-order chi connectivity index (χ1) is 27.0. The van der Waals surface area contributed by atoms with Crippen molar-refractivity contribution in [1.82, 2.24) is 4.57 Å². The van der Waals surface area contributed by atoms with Gasteiger partial charge in [-0.3, -0.25) is 0 Å². The van der Waals surface area contributed by atoms with Crippen LogP contribution in [0.25, 0.3) is 93.5 Å². The lowest BCUT2D eigenvalue weighted by Crippen LogP contribution is -2.14. The number of hydrogen-bond acceptors (Lipinski definition) is 0. The van der Waals surface area contributed by atoms with E-state index in [2.05, 4.69) is 177 Å². The van der Waals surface area contributed by atoms with E-state index in [-0.39, 0.29) is 5.41 Å². The third-order valence-electron chi connectivity index (χ3n) is 11.6. The standard InChI is InChI=1S/C47H31N.C5H8.C2H6/c1-47(2)41-20-8-7-17-35(41)39-27-44-40(26-42(39)47)46-32-14-4-3-11-28(32)21-24-43(46)48(44)30-13-9-12-29(25-30)31-22-23-38-34-16-6-5-15-33(34)37-19-10-18-36(31)45(37)38;1-3-5-4-2;1-2/h3-27H,1-2H3;3-5H,1H2,2H3;1-2H3/b;5-4-;. The molecular weight excluding hydrogens is 663 g/mol. The van der Waals surface area contributed by atoms with Crippen LogP contribution in [0.4, 0.5) is 0 Å². The molecule has 0 radical (unpaired) electrons. The highest BCUT2D eigenvalue weighted by Gasteiger charge is 2.36. The fourth-order valence-electron chi connectivity index (χ4n) is 9.27. The zero-order chi connectivity index (χ0) is 37.8. The molecule has 0 N–H and O–H groups in total. The largest absolute Gasteiger partial charge is 0.309 e. The van der Waals surface area contributed by atoms with Crippen molar-refractivity contribution in [2.75, 3.05) is 0 Å². The highest BCUT2D eigenvalue weighted by atomic mass is 15.0. The van der Waals surface area contributed by atoms with Crippen LogP contribution in [0.15, 0.2) is 176 Å². The zero-order valence-electron chi connectivity index (χ0n) is 32.3. The van der Waals surface area contributed by atoms with Crippen LogP contribution in [-0.4, -0.2) is 4.57 Å². The quantitative estimate of drug-likeness (QED) is 0.161. The molecule has 11 rings (SSSR count). The normalized spacial score (nSPS) is 13.0. The monoisotopic (exact) mass is 707 g/mol. The molecule has 1 nitrogen and oxygen atoms in total. The smallest absolute Gasteiger partial charge is 0.0547 e. The Labute approximate surface area is 324 Å². The molecule has 2 aliphatic rings. The van der Waals surface area contributed by atoms with E-state index < -0.39 is 0 Å². The fraction of sp³-hybridized carbons (Fsp3) is 0.111. The Morgan fingerprint density at radius 1 is 0.491 bits per heavy atom. The van der Waals surface area contributed by atoms with Gasteiger partial charge in [-0.25, -0.2) is 0 Å². The number of hydrogen-bond donors (Lipinski definition) is 0. The van der Waals surface area contributed by atoms with Gasteiger partial charge in [0.15, 0.2) is 0 Å². The minimum Gasteiger partial charge on any atom is -0.309 e. The molecule has 1 heterocycles. The average Bonchev–Trinajstić information content (AvgIpc) is 3.82. The average molecular weight is 708 g/mol. The molecule has 55 heavy (non-hydrogen) atoms. The van der Waals surface area contributed by atoms with Gasteiger partial charge >= 0.3 is 0 Å². The molecule has 0 saturated carbocycles. The Kier molecular flexibility index (Phi) is 8.40. The van der Waals surface area contributed by atoms with E-state index in [0.717, 1.165) is 0 Å². The molecule has 9 aromatic rings. The second kappa shape index (κ2) is 13.4. The maximum absolute atomic E-state index is 3.46. The van der Waals surface area contributed by atoms with E-state index in [1.807, 2.05) is 32.9 Å². The van der Waals surface area contributed by atoms with Crippen LogP contribution in [0.1, 0.15) is 45.7 Å². The summed E-state index contributed by atoms with van der Waals surface area (Å²) in [6.45, 7) is 14.2. The lowest BCUT2D eigenvalue weighted by atomic mass is 9.82. The lowest BCUT2D eigenvalue weighted by Gasteiger charge is -2.21. The molecule has 266 valence electrons. The minimum atomic E-state index is -0.0610. The molecule has 0 aliphatic heterocycles. The molecule has 1 heteroatoms. The van der Waals surface area contributed by atoms with E-state index in [1.54, 1.807) is 6.08 Å². The Morgan fingerprint density at radius 2 is 1.15 bits per heavy atom. The first-order valence-electron chi connectivity index (χ1n) is 19.6. The predicted molar refractivity (Wildman–Crippen MR) is 240 cm³/mol. The molecule has 0 saturated heterocycles. The fourth-order valence-corrected chi connectivity index (χ4v) is 9.27. The maximum Gasteiger partial charge on any atom is 0.0547 e. The summed E-state index contributed by atoms with van der Waals surface area (Å²) in [5.41, 5.74) is 17.0. The number of aromatic nitrogens is 1.